The van der Waals surface area contributed by atoms with Crippen molar-refractivity contribution in [1.82, 2.24) is 24.6 Å². The Bertz CT molecular complexity index is 1120. The zero-order valence-electron chi connectivity index (χ0n) is 19.4. The molecule has 0 unspecified atom stereocenters. The average molecular weight is 435 g/mol. The molecule has 0 bridgehead atoms. The third-order valence-electron chi connectivity index (χ3n) is 6.15. The summed E-state index contributed by atoms with van der Waals surface area (Å²) in [4.78, 5) is 26.6. The first-order valence-corrected chi connectivity index (χ1v) is 10.9. The Kier molecular flexibility index (Phi) is 6.12. The van der Waals surface area contributed by atoms with Crippen molar-refractivity contribution in [1.29, 1.82) is 0 Å². The number of carbonyl (C=O) groups excluding carboxylic acids is 1. The molecule has 1 aliphatic heterocycles. The Morgan fingerprint density at radius 2 is 2.06 bits per heavy atom. The molecule has 8 heteroatoms. The molecule has 0 saturated carbocycles. The van der Waals surface area contributed by atoms with Crippen molar-refractivity contribution in [2.45, 2.75) is 25.7 Å². The fourth-order valence-corrected chi connectivity index (χ4v) is 4.19. The Morgan fingerprint density at radius 3 is 2.75 bits per heavy atom. The summed E-state index contributed by atoms with van der Waals surface area (Å²) in [5.74, 6) is 1.61. The number of hydrogen-bond acceptors (Lipinski definition) is 6. The van der Waals surface area contributed by atoms with Gasteiger partial charge in [-0.2, -0.15) is 5.10 Å². The standard InChI is InChI=1S/C24H30N6O2/c1-16-20(14-26-29(16)4)23(31)30-11-7-9-18(15-30)22-21(13-25-24(27-22)28(2)3)17-8-6-10-19(12-17)32-5/h6,8,10,12-14,18H,7,9,11,15H2,1-5H3/t18-/m1/s1. The van der Waals surface area contributed by atoms with Gasteiger partial charge in [0.25, 0.3) is 5.91 Å². The fourth-order valence-electron chi connectivity index (χ4n) is 4.19. The molecule has 3 heterocycles. The van der Waals surface area contributed by atoms with Gasteiger partial charge in [0.1, 0.15) is 5.75 Å². The van der Waals surface area contributed by atoms with E-state index in [1.54, 1.807) is 18.0 Å². The molecule has 32 heavy (non-hydrogen) atoms. The molecule has 8 nitrogen and oxygen atoms in total. The van der Waals surface area contributed by atoms with Gasteiger partial charge in [-0.05, 0) is 37.5 Å². The van der Waals surface area contributed by atoms with Crippen LogP contribution in [0.2, 0.25) is 0 Å². The van der Waals surface area contributed by atoms with Gasteiger partial charge in [0.15, 0.2) is 0 Å². The van der Waals surface area contributed by atoms with E-state index in [0.717, 1.165) is 47.7 Å². The molecule has 1 amide bonds. The van der Waals surface area contributed by atoms with E-state index in [-0.39, 0.29) is 11.8 Å². The van der Waals surface area contributed by atoms with E-state index >= 15 is 0 Å². The van der Waals surface area contributed by atoms with Crippen molar-refractivity contribution in [3.05, 3.63) is 53.6 Å². The summed E-state index contributed by atoms with van der Waals surface area (Å²) in [7, 11) is 7.39. The molecule has 4 rings (SSSR count). The van der Waals surface area contributed by atoms with Crippen LogP contribution >= 0.6 is 0 Å². The number of likely N-dealkylation sites (tertiary alicyclic amines) is 1. The second-order valence-corrected chi connectivity index (χ2v) is 8.45. The van der Waals surface area contributed by atoms with Crippen LogP contribution in [0.5, 0.6) is 5.75 Å². The lowest BCUT2D eigenvalue weighted by molar-refractivity contribution is 0.0705. The summed E-state index contributed by atoms with van der Waals surface area (Å²) in [5.41, 5.74) is 4.50. The minimum Gasteiger partial charge on any atom is -0.497 e. The van der Waals surface area contributed by atoms with Crippen molar-refractivity contribution < 1.29 is 9.53 Å². The first-order valence-electron chi connectivity index (χ1n) is 10.9. The predicted molar refractivity (Wildman–Crippen MR) is 124 cm³/mol. The third-order valence-corrected chi connectivity index (χ3v) is 6.15. The van der Waals surface area contributed by atoms with Gasteiger partial charge in [0, 0.05) is 57.6 Å². The average Bonchev–Trinajstić information content (AvgIpc) is 3.16. The lowest BCUT2D eigenvalue weighted by atomic mass is 9.89. The number of rotatable bonds is 5. The van der Waals surface area contributed by atoms with Crippen molar-refractivity contribution in [3.8, 4) is 16.9 Å². The van der Waals surface area contributed by atoms with Crippen molar-refractivity contribution >= 4 is 11.9 Å². The zero-order chi connectivity index (χ0) is 22.8. The maximum Gasteiger partial charge on any atom is 0.257 e. The SMILES string of the molecule is COc1cccc(-c2cnc(N(C)C)nc2[C@@H]2CCCN(C(=O)c3cnn(C)c3C)C2)c1. The van der Waals surface area contributed by atoms with Crippen LogP contribution in [0, 0.1) is 6.92 Å². The lowest BCUT2D eigenvalue weighted by Crippen LogP contribution is -2.39. The lowest BCUT2D eigenvalue weighted by Gasteiger charge is -2.33. The van der Waals surface area contributed by atoms with E-state index in [0.29, 0.717) is 18.1 Å². The Balaban J connectivity index is 1.70. The number of aromatic nitrogens is 4. The van der Waals surface area contributed by atoms with E-state index in [1.807, 2.05) is 68.3 Å². The zero-order valence-corrected chi connectivity index (χ0v) is 19.4. The van der Waals surface area contributed by atoms with Crippen LogP contribution in [-0.2, 0) is 7.05 Å². The molecule has 0 N–H and O–H groups in total. The molecule has 1 aliphatic rings. The number of piperidine rings is 1. The van der Waals surface area contributed by atoms with Crippen LogP contribution in [0.3, 0.4) is 0 Å². The smallest absolute Gasteiger partial charge is 0.257 e. The Morgan fingerprint density at radius 1 is 1.25 bits per heavy atom. The van der Waals surface area contributed by atoms with E-state index in [2.05, 4.69) is 10.1 Å². The van der Waals surface area contributed by atoms with Gasteiger partial charge in [-0.15, -0.1) is 0 Å². The van der Waals surface area contributed by atoms with Gasteiger partial charge in [0.05, 0.1) is 24.6 Å². The number of nitrogens with zero attached hydrogens (tertiary/aromatic N) is 6. The van der Waals surface area contributed by atoms with Crippen LogP contribution in [0.25, 0.3) is 11.1 Å². The number of hydrogen-bond donors (Lipinski definition) is 0. The van der Waals surface area contributed by atoms with E-state index in [4.69, 9.17) is 9.72 Å². The van der Waals surface area contributed by atoms with Crippen LogP contribution in [0.4, 0.5) is 5.95 Å². The molecule has 1 aromatic carbocycles. The number of benzene rings is 1. The number of anilines is 1. The first-order chi connectivity index (χ1) is 15.4. The van der Waals surface area contributed by atoms with Crippen LogP contribution in [0.15, 0.2) is 36.7 Å². The highest BCUT2D eigenvalue weighted by Crippen LogP contribution is 2.35. The molecular weight excluding hydrogens is 404 g/mol. The van der Waals surface area contributed by atoms with E-state index in [1.165, 1.54) is 0 Å². The Labute approximate surface area is 188 Å². The molecule has 1 fully saturated rings. The van der Waals surface area contributed by atoms with Crippen LogP contribution in [-0.4, -0.2) is 64.9 Å². The molecular formula is C24H30N6O2. The molecule has 168 valence electrons. The number of aryl methyl sites for hydroxylation is 1. The van der Waals surface area contributed by atoms with Gasteiger partial charge in [-0.25, -0.2) is 9.97 Å². The molecule has 2 aromatic heterocycles. The van der Waals surface area contributed by atoms with Gasteiger partial charge >= 0.3 is 0 Å². The number of amides is 1. The van der Waals surface area contributed by atoms with Crippen LogP contribution < -0.4 is 9.64 Å². The molecule has 0 radical (unpaired) electrons. The van der Waals surface area contributed by atoms with Gasteiger partial charge in [-0.3, -0.25) is 9.48 Å². The largest absolute Gasteiger partial charge is 0.497 e. The monoisotopic (exact) mass is 434 g/mol. The maximum atomic E-state index is 13.2. The van der Waals surface area contributed by atoms with Crippen molar-refractivity contribution in [2.24, 2.45) is 7.05 Å². The number of carbonyl (C=O) groups is 1. The molecule has 0 spiro atoms. The summed E-state index contributed by atoms with van der Waals surface area (Å²) in [6, 6.07) is 7.95. The topological polar surface area (TPSA) is 76.4 Å². The second-order valence-electron chi connectivity index (χ2n) is 8.45. The highest BCUT2D eigenvalue weighted by atomic mass is 16.5. The number of methoxy groups -OCH3 is 1. The summed E-state index contributed by atoms with van der Waals surface area (Å²) in [6.07, 6.45) is 5.45. The minimum absolute atomic E-state index is 0.0325. The third kappa shape index (κ3) is 4.17. The maximum absolute atomic E-state index is 13.2. The Hall–Kier alpha value is -3.42. The first kappa shape index (κ1) is 21.8. The molecule has 1 saturated heterocycles. The summed E-state index contributed by atoms with van der Waals surface area (Å²) in [5, 5.41) is 4.24. The van der Waals surface area contributed by atoms with Crippen molar-refractivity contribution in [2.75, 3.05) is 39.2 Å². The fraction of sp³-hybridized carbons (Fsp3) is 0.417. The minimum atomic E-state index is 0.0325. The van der Waals surface area contributed by atoms with Gasteiger partial charge in [0.2, 0.25) is 5.95 Å². The van der Waals surface area contributed by atoms with Gasteiger partial charge < -0.3 is 14.5 Å². The summed E-state index contributed by atoms with van der Waals surface area (Å²) >= 11 is 0. The quantitative estimate of drug-likeness (QED) is 0.613. The highest BCUT2D eigenvalue weighted by molar-refractivity contribution is 5.95. The second kappa shape index (κ2) is 8.98. The van der Waals surface area contributed by atoms with Crippen molar-refractivity contribution in [3.63, 3.8) is 0 Å². The number of ether oxygens (including phenoxy) is 1. The summed E-state index contributed by atoms with van der Waals surface area (Å²) < 4.78 is 7.16. The van der Waals surface area contributed by atoms with Gasteiger partial charge in [-0.1, -0.05) is 12.1 Å². The molecule has 0 aliphatic carbocycles. The molecule has 1 atom stereocenters. The normalized spacial score (nSPS) is 16.2. The molecule has 3 aromatic rings. The highest BCUT2D eigenvalue weighted by Gasteiger charge is 2.30. The predicted octanol–water partition coefficient (Wildman–Crippen LogP) is 3.28. The summed E-state index contributed by atoms with van der Waals surface area (Å²) in [6.45, 7) is 3.29. The van der Waals surface area contributed by atoms with Crippen LogP contribution in [0.1, 0.15) is 40.5 Å². The van der Waals surface area contributed by atoms with E-state index < -0.39 is 0 Å². The van der Waals surface area contributed by atoms with E-state index in [9.17, 15) is 4.79 Å².